The van der Waals surface area contributed by atoms with Crippen LogP contribution in [0.15, 0.2) is 77.7 Å². The van der Waals surface area contributed by atoms with Crippen molar-refractivity contribution in [2.45, 2.75) is 50.7 Å². The van der Waals surface area contributed by atoms with Crippen LogP contribution < -0.4 is 9.62 Å². The van der Waals surface area contributed by atoms with Crippen molar-refractivity contribution in [1.82, 2.24) is 10.2 Å². The number of sulfonamides is 1. The molecule has 0 aliphatic carbocycles. The molecule has 0 saturated heterocycles. The minimum absolute atomic E-state index is 0.0389. The van der Waals surface area contributed by atoms with Gasteiger partial charge in [0.2, 0.25) is 11.8 Å². The highest BCUT2D eigenvalue weighted by Gasteiger charge is 2.34. The second kappa shape index (κ2) is 13.8. The van der Waals surface area contributed by atoms with Gasteiger partial charge < -0.3 is 10.2 Å². The molecule has 0 radical (unpaired) electrons. The number of nitro groups is 1. The van der Waals surface area contributed by atoms with Crippen LogP contribution in [0, 0.1) is 10.1 Å². The van der Waals surface area contributed by atoms with Crippen LogP contribution in [0.1, 0.15) is 32.8 Å². The van der Waals surface area contributed by atoms with Crippen LogP contribution in [0.3, 0.4) is 0 Å². The fraction of sp³-hybridized carbons (Fsp3) is 0.286. The molecule has 3 rings (SSSR count). The summed E-state index contributed by atoms with van der Waals surface area (Å²) in [7, 11) is -4.30. The molecule has 0 unspecified atom stereocenters. The lowest BCUT2D eigenvalue weighted by Crippen LogP contribution is -2.53. The zero-order chi connectivity index (χ0) is 30.3. The molecule has 41 heavy (non-hydrogen) atoms. The number of carbonyl (C=O) groups excluding carboxylic acids is 2. The fourth-order valence-corrected chi connectivity index (χ4v) is 6.03. The predicted octanol–water partition coefficient (Wildman–Crippen LogP) is 5.43. The van der Waals surface area contributed by atoms with Gasteiger partial charge >= 0.3 is 0 Å². The third-order valence-electron chi connectivity index (χ3n) is 6.13. The average Bonchev–Trinajstić information content (AvgIpc) is 2.92. The number of carbonyl (C=O) groups is 2. The first-order valence-corrected chi connectivity index (χ1v) is 14.9. The van der Waals surface area contributed by atoms with E-state index in [2.05, 4.69) is 5.32 Å². The number of amides is 2. The van der Waals surface area contributed by atoms with Crippen molar-refractivity contribution in [2.24, 2.45) is 0 Å². The maximum atomic E-state index is 14.0. The molecule has 0 bridgehead atoms. The van der Waals surface area contributed by atoms with Gasteiger partial charge in [-0.3, -0.25) is 24.0 Å². The number of nitrogens with zero attached hydrogens (tertiary/aromatic N) is 3. The predicted molar refractivity (Wildman–Crippen MR) is 158 cm³/mol. The van der Waals surface area contributed by atoms with E-state index in [-0.39, 0.29) is 40.3 Å². The second-order valence-electron chi connectivity index (χ2n) is 9.44. The second-order valence-corrected chi connectivity index (χ2v) is 12.1. The average molecular weight is 622 g/mol. The molecule has 10 nitrogen and oxygen atoms in total. The van der Waals surface area contributed by atoms with Gasteiger partial charge in [0.15, 0.2) is 0 Å². The Labute approximate surface area is 249 Å². The van der Waals surface area contributed by atoms with Crippen LogP contribution in [0.4, 0.5) is 11.4 Å². The molecule has 218 valence electrons. The normalized spacial score (nSPS) is 12.0. The van der Waals surface area contributed by atoms with Crippen LogP contribution in [0.25, 0.3) is 0 Å². The minimum Gasteiger partial charge on any atom is -0.352 e. The van der Waals surface area contributed by atoms with E-state index in [0.29, 0.717) is 10.6 Å². The maximum absolute atomic E-state index is 14.0. The number of anilines is 1. The lowest BCUT2D eigenvalue weighted by Gasteiger charge is -2.33. The minimum atomic E-state index is -4.30. The molecule has 0 heterocycles. The van der Waals surface area contributed by atoms with Gasteiger partial charge in [0.1, 0.15) is 12.6 Å². The summed E-state index contributed by atoms with van der Waals surface area (Å²) in [4.78, 5) is 39.0. The molecule has 0 aromatic heterocycles. The molecule has 0 aliphatic heterocycles. The van der Waals surface area contributed by atoms with Gasteiger partial charge in [-0.1, -0.05) is 54.4 Å². The lowest BCUT2D eigenvalue weighted by atomic mass is 10.1. The third-order valence-corrected chi connectivity index (χ3v) is 8.51. The van der Waals surface area contributed by atoms with Crippen molar-refractivity contribution < 1.29 is 22.9 Å². The van der Waals surface area contributed by atoms with E-state index in [4.69, 9.17) is 23.2 Å². The van der Waals surface area contributed by atoms with Crippen molar-refractivity contribution in [3.63, 3.8) is 0 Å². The molecular formula is C28H30Cl2N4O6S. The van der Waals surface area contributed by atoms with Gasteiger partial charge in [-0.15, -0.1) is 0 Å². The van der Waals surface area contributed by atoms with Gasteiger partial charge in [-0.25, -0.2) is 8.42 Å². The van der Waals surface area contributed by atoms with Crippen LogP contribution in [-0.2, 0) is 26.2 Å². The van der Waals surface area contributed by atoms with Crippen LogP contribution in [-0.4, -0.2) is 48.7 Å². The number of non-ortho nitro benzene ring substituents is 1. The first kappa shape index (κ1) is 31.9. The van der Waals surface area contributed by atoms with Gasteiger partial charge in [0.05, 0.1) is 15.5 Å². The van der Waals surface area contributed by atoms with Gasteiger partial charge in [-0.2, -0.15) is 0 Å². The largest absolute Gasteiger partial charge is 0.352 e. The zero-order valence-corrected chi connectivity index (χ0v) is 25.0. The Kier molecular flexibility index (Phi) is 10.7. The summed E-state index contributed by atoms with van der Waals surface area (Å²) in [6.07, 6.45) is 0.235. The third kappa shape index (κ3) is 7.96. The lowest BCUT2D eigenvalue weighted by molar-refractivity contribution is -0.384. The van der Waals surface area contributed by atoms with E-state index in [0.717, 1.165) is 16.4 Å². The molecule has 0 fully saturated rings. The van der Waals surface area contributed by atoms with Crippen molar-refractivity contribution in [2.75, 3.05) is 10.8 Å². The van der Waals surface area contributed by atoms with E-state index in [1.807, 2.05) is 0 Å². The standard InChI is InChI=1S/C28H30Cl2N4O6S/c1-4-26(28(36)31-19(2)3)32(17-20-10-11-21(29)16-25(20)30)27(35)18-33(22-12-14-23(15-13-22)34(37)38)41(39,40)24-8-6-5-7-9-24/h5-16,19,26H,4,17-18H2,1-3H3,(H,31,36)/t26-/m0/s1. The summed E-state index contributed by atoms with van der Waals surface area (Å²) in [6.45, 7) is 4.53. The highest BCUT2D eigenvalue weighted by atomic mass is 35.5. The molecule has 3 aromatic rings. The number of nitrogens with one attached hydrogen (secondary N) is 1. The first-order valence-electron chi connectivity index (χ1n) is 12.7. The Balaban J connectivity index is 2.09. The number of rotatable bonds is 12. The van der Waals surface area contributed by atoms with Crippen molar-refractivity contribution >= 4 is 56.4 Å². The van der Waals surface area contributed by atoms with E-state index >= 15 is 0 Å². The summed E-state index contributed by atoms with van der Waals surface area (Å²) in [6, 6.07) is 15.9. The van der Waals surface area contributed by atoms with E-state index in [1.54, 1.807) is 51.1 Å². The van der Waals surface area contributed by atoms with Crippen molar-refractivity contribution in [3.05, 3.63) is 98.5 Å². The van der Waals surface area contributed by atoms with Crippen LogP contribution in [0.5, 0.6) is 0 Å². The molecule has 13 heteroatoms. The zero-order valence-electron chi connectivity index (χ0n) is 22.7. The molecule has 1 atom stereocenters. The maximum Gasteiger partial charge on any atom is 0.269 e. The molecule has 1 N–H and O–H groups in total. The summed E-state index contributed by atoms with van der Waals surface area (Å²) in [5.41, 5.74) is 0.303. The molecular weight excluding hydrogens is 591 g/mol. The Bertz CT molecular complexity index is 1500. The Hall–Kier alpha value is -3.67. The molecule has 0 spiro atoms. The monoisotopic (exact) mass is 620 g/mol. The van der Waals surface area contributed by atoms with E-state index in [1.165, 1.54) is 35.2 Å². The SMILES string of the molecule is CC[C@@H](C(=O)NC(C)C)N(Cc1ccc(Cl)cc1Cl)C(=O)CN(c1ccc([N+](=O)[O-])cc1)S(=O)(=O)c1ccccc1. The van der Waals surface area contributed by atoms with Gasteiger partial charge in [-0.05, 0) is 62.2 Å². The number of hydrogen-bond donors (Lipinski definition) is 1. The number of benzene rings is 3. The Morgan fingerprint density at radius 3 is 2.17 bits per heavy atom. The molecule has 0 saturated carbocycles. The molecule has 3 aromatic carbocycles. The summed E-state index contributed by atoms with van der Waals surface area (Å²) < 4.78 is 28.4. The molecule has 0 aliphatic rings. The van der Waals surface area contributed by atoms with Crippen molar-refractivity contribution in [3.8, 4) is 0 Å². The quantitative estimate of drug-likeness (QED) is 0.212. The topological polar surface area (TPSA) is 130 Å². The van der Waals surface area contributed by atoms with Gasteiger partial charge in [0.25, 0.3) is 15.7 Å². The smallest absolute Gasteiger partial charge is 0.269 e. The number of nitro benzene ring substituents is 1. The van der Waals surface area contributed by atoms with Crippen LogP contribution in [0.2, 0.25) is 10.0 Å². The first-order chi connectivity index (χ1) is 19.3. The number of halogens is 2. The van der Waals surface area contributed by atoms with Gasteiger partial charge in [0, 0.05) is 34.8 Å². The fourth-order valence-electron chi connectivity index (χ4n) is 4.12. The number of hydrogen-bond acceptors (Lipinski definition) is 6. The van der Waals surface area contributed by atoms with Crippen molar-refractivity contribution in [1.29, 1.82) is 0 Å². The molecule has 2 amide bonds. The highest BCUT2D eigenvalue weighted by Crippen LogP contribution is 2.28. The van der Waals surface area contributed by atoms with E-state index in [9.17, 15) is 28.1 Å². The highest BCUT2D eigenvalue weighted by molar-refractivity contribution is 7.92. The van der Waals surface area contributed by atoms with E-state index < -0.39 is 39.3 Å². The summed E-state index contributed by atoms with van der Waals surface area (Å²) >= 11 is 12.4. The van der Waals surface area contributed by atoms with Crippen LogP contribution >= 0.6 is 23.2 Å². The Morgan fingerprint density at radius 1 is 1.00 bits per heavy atom. The summed E-state index contributed by atoms with van der Waals surface area (Å²) in [5.74, 6) is -1.09. The summed E-state index contributed by atoms with van der Waals surface area (Å²) in [5, 5.41) is 14.7. The Morgan fingerprint density at radius 2 is 1.63 bits per heavy atom.